The molecule has 0 fully saturated rings. The summed E-state index contributed by atoms with van der Waals surface area (Å²) < 4.78 is 0. The zero-order chi connectivity index (χ0) is 21.7. The standard InChI is InChI=1S/C23H31NO4S/c1-7-17(24-28-8-2)23-18(25)10-16(11-19(23)26)21-13(3)9-14(4)22(15(21)5)20(27)12-29-6/h9,16,25H,7-8,10-12H2,1-6H3. The number of carbonyl (C=O) groups excluding carboxylic acids is 2. The number of hydrogen-bond donors (Lipinski definition) is 1. The number of hydrogen-bond acceptors (Lipinski definition) is 6. The van der Waals surface area contributed by atoms with Gasteiger partial charge in [-0.15, -0.1) is 0 Å². The van der Waals surface area contributed by atoms with Gasteiger partial charge in [0.15, 0.2) is 11.6 Å². The highest BCUT2D eigenvalue weighted by molar-refractivity contribution is 7.99. The summed E-state index contributed by atoms with van der Waals surface area (Å²) in [6, 6.07) is 2.02. The van der Waals surface area contributed by atoms with Crippen molar-refractivity contribution in [1.82, 2.24) is 0 Å². The minimum absolute atomic E-state index is 0.0583. The number of ketones is 2. The normalized spacial score (nSPS) is 17.7. The number of aryl methyl sites for hydroxylation is 2. The molecule has 1 unspecified atom stereocenters. The van der Waals surface area contributed by atoms with Crippen LogP contribution in [0, 0.1) is 20.8 Å². The molecule has 0 radical (unpaired) electrons. The molecule has 1 aromatic rings. The van der Waals surface area contributed by atoms with Crippen LogP contribution in [0.4, 0.5) is 0 Å². The molecule has 1 aromatic carbocycles. The number of thioether (sulfide) groups is 1. The van der Waals surface area contributed by atoms with Crippen LogP contribution in [0.25, 0.3) is 0 Å². The Hall–Kier alpha value is -2.08. The maximum atomic E-state index is 12.9. The summed E-state index contributed by atoms with van der Waals surface area (Å²) in [5.74, 6) is 0.307. The lowest BCUT2D eigenvalue weighted by Gasteiger charge is -2.28. The zero-order valence-electron chi connectivity index (χ0n) is 18.2. The molecule has 0 aliphatic heterocycles. The third kappa shape index (κ3) is 4.92. The van der Waals surface area contributed by atoms with Crippen molar-refractivity contribution in [2.24, 2.45) is 5.16 Å². The fraction of sp³-hybridized carbons (Fsp3) is 0.522. The molecule has 0 amide bonds. The highest BCUT2D eigenvalue weighted by atomic mass is 32.2. The first kappa shape index (κ1) is 23.2. The van der Waals surface area contributed by atoms with Crippen molar-refractivity contribution in [1.29, 1.82) is 0 Å². The first-order chi connectivity index (χ1) is 13.8. The Morgan fingerprint density at radius 2 is 1.93 bits per heavy atom. The van der Waals surface area contributed by atoms with Gasteiger partial charge in [0.2, 0.25) is 0 Å². The Morgan fingerprint density at radius 3 is 2.48 bits per heavy atom. The van der Waals surface area contributed by atoms with E-state index in [-0.39, 0.29) is 29.7 Å². The average molecular weight is 418 g/mol. The molecule has 0 heterocycles. The number of Topliss-reactive ketones (excluding diaryl/α,β-unsaturated/α-hetero) is 2. The maximum Gasteiger partial charge on any atom is 0.173 e. The van der Waals surface area contributed by atoms with Gasteiger partial charge in [-0.05, 0) is 68.5 Å². The molecule has 1 aliphatic carbocycles. The van der Waals surface area contributed by atoms with Crippen LogP contribution in [-0.2, 0) is 9.63 Å². The van der Waals surface area contributed by atoms with E-state index in [0.717, 1.165) is 27.8 Å². The maximum absolute atomic E-state index is 12.9. The van der Waals surface area contributed by atoms with E-state index in [1.54, 1.807) is 0 Å². The van der Waals surface area contributed by atoms with Crippen LogP contribution in [0.15, 0.2) is 22.6 Å². The number of nitrogens with zero attached hydrogens (tertiary/aromatic N) is 1. The summed E-state index contributed by atoms with van der Waals surface area (Å²) in [6.07, 6.45) is 3.06. The monoisotopic (exact) mass is 417 g/mol. The summed E-state index contributed by atoms with van der Waals surface area (Å²) in [6.45, 7) is 10.0. The SMILES string of the molecule is CCON=C(CC)C1=C(O)CC(c2c(C)cc(C)c(C(=O)CSC)c2C)CC1=O. The van der Waals surface area contributed by atoms with Crippen molar-refractivity contribution in [3.63, 3.8) is 0 Å². The lowest BCUT2D eigenvalue weighted by molar-refractivity contribution is -0.116. The van der Waals surface area contributed by atoms with Gasteiger partial charge >= 0.3 is 0 Å². The third-order valence-corrected chi connectivity index (χ3v) is 5.91. The molecule has 0 bridgehead atoms. The van der Waals surface area contributed by atoms with Crippen LogP contribution in [0.5, 0.6) is 0 Å². The summed E-state index contributed by atoms with van der Waals surface area (Å²) in [5.41, 5.74) is 5.46. The average Bonchev–Trinajstić information content (AvgIpc) is 2.63. The predicted octanol–water partition coefficient (Wildman–Crippen LogP) is 5.22. The Labute approximate surface area is 177 Å². The number of allylic oxidation sites excluding steroid dienone is 2. The van der Waals surface area contributed by atoms with E-state index in [9.17, 15) is 14.7 Å². The first-order valence-corrected chi connectivity index (χ1v) is 11.4. The topological polar surface area (TPSA) is 76.0 Å². The predicted molar refractivity (Wildman–Crippen MR) is 119 cm³/mol. The second-order valence-corrected chi connectivity index (χ2v) is 8.31. The molecular weight excluding hydrogens is 386 g/mol. The number of benzene rings is 1. The van der Waals surface area contributed by atoms with Gasteiger partial charge in [0.1, 0.15) is 12.4 Å². The molecular formula is C23H31NO4S. The Balaban J connectivity index is 2.49. The van der Waals surface area contributed by atoms with Gasteiger partial charge in [-0.2, -0.15) is 11.8 Å². The van der Waals surface area contributed by atoms with E-state index in [1.165, 1.54) is 11.8 Å². The van der Waals surface area contributed by atoms with E-state index >= 15 is 0 Å². The number of aliphatic hydroxyl groups excluding tert-OH is 1. The van der Waals surface area contributed by atoms with Crippen molar-refractivity contribution >= 4 is 29.0 Å². The Bertz CT molecular complexity index is 870. The molecule has 0 saturated heterocycles. The minimum atomic E-state index is -0.155. The molecule has 1 N–H and O–H groups in total. The summed E-state index contributed by atoms with van der Waals surface area (Å²) in [4.78, 5) is 30.7. The van der Waals surface area contributed by atoms with Gasteiger partial charge in [0, 0.05) is 18.4 Å². The molecule has 158 valence electrons. The first-order valence-electron chi connectivity index (χ1n) is 10.0. The van der Waals surface area contributed by atoms with Gasteiger partial charge < -0.3 is 9.94 Å². The second kappa shape index (κ2) is 10.1. The highest BCUT2D eigenvalue weighted by Gasteiger charge is 2.33. The van der Waals surface area contributed by atoms with Crippen LogP contribution in [0.3, 0.4) is 0 Å². The molecule has 1 aliphatic rings. The van der Waals surface area contributed by atoms with Gasteiger partial charge in [-0.25, -0.2) is 0 Å². The third-order valence-electron chi connectivity index (χ3n) is 5.36. The smallest absolute Gasteiger partial charge is 0.173 e. The fourth-order valence-electron chi connectivity index (χ4n) is 4.32. The van der Waals surface area contributed by atoms with Crippen LogP contribution in [-0.4, -0.2) is 41.0 Å². The van der Waals surface area contributed by atoms with Crippen molar-refractivity contribution in [2.45, 2.75) is 59.8 Å². The van der Waals surface area contributed by atoms with Crippen molar-refractivity contribution in [3.05, 3.63) is 45.2 Å². The fourth-order valence-corrected chi connectivity index (χ4v) is 4.72. The molecule has 2 rings (SSSR count). The number of carbonyl (C=O) groups is 2. The van der Waals surface area contributed by atoms with Crippen molar-refractivity contribution in [2.75, 3.05) is 18.6 Å². The quantitative estimate of drug-likeness (QED) is 0.357. The lowest BCUT2D eigenvalue weighted by Crippen LogP contribution is -2.25. The van der Waals surface area contributed by atoms with Crippen LogP contribution in [0.2, 0.25) is 0 Å². The highest BCUT2D eigenvalue weighted by Crippen LogP contribution is 2.39. The molecule has 0 aromatic heterocycles. The van der Waals surface area contributed by atoms with Crippen LogP contribution >= 0.6 is 11.8 Å². The van der Waals surface area contributed by atoms with E-state index in [1.807, 2.05) is 46.9 Å². The number of oxime groups is 1. The van der Waals surface area contributed by atoms with Crippen molar-refractivity contribution < 1.29 is 19.5 Å². The molecule has 29 heavy (non-hydrogen) atoms. The molecule has 0 spiro atoms. The van der Waals surface area contributed by atoms with E-state index < -0.39 is 0 Å². The zero-order valence-corrected chi connectivity index (χ0v) is 19.0. The number of rotatable bonds is 8. The molecule has 5 nitrogen and oxygen atoms in total. The number of aliphatic hydroxyl groups is 1. The Morgan fingerprint density at radius 1 is 1.24 bits per heavy atom. The van der Waals surface area contributed by atoms with E-state index in [0.29, 0.717) is 36.5 Å². The van der Waals surface area contributed by atoms with Gasteiger partial charge in [-0.1, -0.05) is 18.1 Å². The molecule has 6 heteroatoms. The van der Waals surface area contributed by atoms with E-state index in [4.69, 9.17) is 4.84 Å². The van der Waals surface area contributed by atoms with E-state index in [2.05, 4.69) is 5.16 Å². The largest absolute Gasteiger partial charge is 0.511 e. The minimum Gasteiger partial charge on any atom is -0.511 e. The summed E-state index contributed by atoms with van der Waals surface area (Å²) >= 11 is 1.50. The second-order valence-electron chi connectivity index (χ2n) is 7.44. The van der Waals surface area contributed by atoms with Crippen LogP contribution in [0.1, 0.15) is 71.6 Å². The van der Waals surface area contributed by atoms with Gasteiger partial charge in [0.05, 0.1) is 17.0 Å². The van der Waals surface area contributed by atoms with Gasteiger partial charge in [0.25, 0.3) is 0 Å². The van der Waals surface area contributed by atoms with Gasteiger partial charge in [-0.3, -0.25) is 9.59 Å². The molecule has 0 saturated carbocycles. The Kier molecular flexibility index (Phi) is 8.08. The molecule has 1 atom stereocenters. The van der Waals surface area contributed by atoms with Crippen LogP contribution < -0.4 is 0 Å². The summed E-state index contributed by atoms with van der Waals surface area (Å²) in [7, 11) is 0. The lowest BCUT2D eigenvalue weighted by atomic mass is 9.76. The summed E-state index contributed by atoms with van der Waals surface area (Å²) in [5, 5.41) is 14.7. The van der Waals surface area contributed by atoms with Crippen molar-refractivity contribution in [3.8, 4) is 0 Å².